The van der Waals surface area contributed by atoms with Crippen molar-refractivity contribution < 1.29 is 31.6 Å². The Morgan fingerprint density at radius 1 is 1.41 bits per heavy atom. The zero-order valence-corrected chi connectivity index (χ0v) is 14.0. The van der Waals surface area contributed by atoms with Gasteiger partial charge in [-0.3, -0.25) is 4.18 Å². The summed E-state index contributed by atoms with van der Waals surface area (Å²) in [5.41, 5.74) is 0.348. The fourth-order valence-corrected chi connectivity index (χ4v) is 3.23. The highest BCUT2D eigenvalue weighted by Crippen LogP contribution is 2.39. The third-order valence-electron chi connectivity index (χ3n) is 3.73. The van der Waals surface area contributed by atoms with Gasteiger partial charge in [-0.05, 0) is 26.3 Å². The molecular weight excluding hydrogens is 312 g/mol. The van der Waals surface area contributed by atoms with Crippen molar-refractivity contribution in [2.45, 2.75) is 57.7 Å². The van der Waals surface area contributed by atoms with E-state index in [1.54, 1.807) is 19.9 Å². The maximum atomic E-state index is 11.9. The van der Waals surface area contributed by atoms with Crippen LogP contribution in [-0.4, -0.2) is 51.3 Å². The third kappa shape index (κ3) is 3.87. The molecular formula is C14H22O7S. The molecule has 0 aromatic rings. The van der Waals surface area contributed by atoms with Gasteiger partial charge in [0, 0.05) is 12.0 Å². The van der Waals surface area contributed by atoms with Crippen LogP contribution in [0, 0.1) is 0 Å². The van der Waals surface area contributed by atoms with E-state index in [4.69, 9.17) is 18.4 Å². The number of carbonyl (C=O) groups excluding carboxylic acids is 1. The number of hydrogen-bond acceptors (Lipinski definition) is 7. The van der Waals surface area contributed by atoms with E-state index in [1.807, 2.05) is 6.92 Å². The largest absolute Gasteiger partial charge is 0.463 e. The number of esters is 1. The summed E-state index contributed by atoms with van der Waals surface area (Å²) < 4.78 is 44.7. The summed E-state index contributed by atoms with van der Waals surface area (Å²) in [7, 11) is -3.68. The summed E-state index contributed by atoms with van der Waals surface area (Å²) in [6.45, 7) is 5.63. The van der Waals surface area contributed by atoms with Gasteiger partial charge in [0.25, 0.3) is 10.1 Å². The van der Waals surface area contributed by atoms with Crippen LogP contribution >= 0.6 is 0 Å². The zero-order valence-electron chi connectivity index (χ0n) is 13.2. The molecule has 1 aliphatic carbocycles. The summed E-state index contributed by atoms with van der Waals surface area (Å²) in [5, 5.41) is 0. The normalized spacial score (nSPS) is 34.9. The van der Waals surface area contributed by atoms with E-state index in [1.165, 1.54) is 0 Å². The molecule has 0 bridgehead atoms. The molecule has 0 N–H and O–H groups in total. The van der Waals surface area contributed by atoms with E-state index >= 15 is 0 Å². The van der Waals surface area contributed by atoms with Crippen LogP contribution in [0.5, 0.6) is 0 Å². The molecule has 1 aliphatic heterocycles. The SMILES string of the molecule is CCOC(=O)C1=C[C@H]2OC(C)(CC)O[C@H]2[C@H](OS(C)(=O)=O)C1. The first-order chi connectivity index (χ1) is 10.2. The predicted molar refractivity (Wildman–Crippen MR) is 77.5 cm³/mol. The molecule has 2 rings (SSSR count). The first kappa shape index (κ1) is 17.4. The van der Waals surface area contributed by atoms with Gasteiger partial charge < -0.3 is 14.2 Å². The number of carbonyl (C=O) groups is 1. The van der Waals surface area contributed by atoms with Gasteiger partial charge in [-0.15, -0.1) is 0 Å². The van der Waals surface area contributed by atoms with Crippen LogP contribution < -0.4 is 0 Å². The van der Waals surface area contributed by atoms with Crippen molar-refractivity contribution in [2.24, 2.45) is 0 Å². The highest BCUT2D eigenvalue weighted by Gasteiger charge is 2.50. The highest BCUT2D eigenvalue weighted by molar-refractivity contribution is 7.86. The van der Waals surface area contributed by atoms with Crippen molar-refractivity contribution in [3.8, 4) is 0 Å². The second-order valence-corrected chi connectivity index (χ2v) is 7.21. The average molecular weight is 334 g/mol. The smallest absolute Gasteiger partial charge is 0.333 e. The van der Waals surface area contributed by atoms with Gasteiger partial charge in [-0.2, -0.15) is 8.42 Å². The lowest BCUT2D eigenvalue weighted by Crippen LogP contribution is -2.42. The van der Waals surface area contributed by atoms with E-state index in [0.29, 0.717) is 12.0 Å². The Kier molecular flexibility index (Phi) is 4.96. The topological polar surface area (TPSA) is 88.1 Å². The van der Waals surface area contributed by atoms with Gasteiger partial charge in [-0.25, -0.2) is 4.79 Å². The third-order valence-corrected chi connectivity index (χ3v) is 4.32. The van der Waals surface area contributed by atoms with Crippen LogP contribution in [0.4, 0.5) is 0 Å². The van der Waals surface area contributed by atoms with Gasteiger partial charge in [0.1, 0.15) is 18.3 Å². The van der Waals surface area contributed by atoms with Crippen LogP contribution in [0.2, 0.25) is 0 Å². The molecule has 0 spiro atoms. The Bertz CT molecular complexity index is 568. The van der Waals surface area contributed by atoms with Gasteiger partial charge in [0.2, 0.25) is 0 Å². The van der Waals surface area contributed by atoms with Crippen LogP contribution in [-0.2, 0) is 33.3 Å². The van der Waals surface area contributed by atoms with Crippen molar-refractivity contribution in [3.63, 3.8) is 0 Å². The van der Waals surface area contributed by atoms with Crippen molar-refractivity contribution >= 4 is 16.1 Å². The summed E-state index contributed by atoms with van der Waals surface area (Å²) in [4.78, 5) is 11.9. The highest BCUT2D eigenvalue weighted by atomic mass is 32.2. The van der Waals surface area contributed by atoms with E-state index in [9.17, 15) is 13.2 Å². The van der Waals surface area contributed by atoms with Gasteiger partial charge in [0.05, 0.1) is 12.9 Å². The fourth-order valence-electron chi connectivity index (χ4n) is 2.61. The minimum atomic E-state index is -3.68. The molecule has 0 radical (unpaired) electrons. The molecule has 0 saturated carbocycles. The van der Waals surface area contributed by atoms with Crippen molar-refractivity contribution in [2.75, 3.05) is 12.9 Å². The fraction of sp³-hybridized carbons (Fsp3) is 0.786. The molecule has 8 heteroatoms. The number of ether oxygens (including phenoxy) is 3. The second-order valence-electron chi connectivity index (χ2n) is 5.61. The molecule has 22 heavy (non-hydrogen) atoms. The van der Waals surface area contributed by atoms with Gasteiger partial charge in [-0.1, -0.05) is 6.92 Å². The monoisotopic (exact) mass is 334 g/mol. The minimum Gasteiger partial charge on any atom is -0.463 e. The van der Waals surface area contributed by atoms with Crippen molar-refractivity contribution in [1.29, 1.82) is 0 Å². The van der Waals surface area contributed by atoms with Crippen molar-refractivity contribution in [3.05, 3.63) is 11.6 Å². The zero-order chi connectivity index (χ0) is 16.5. The summed E-state index contributed by atoms with van der Waals surface area (Å²) in [5.74, 6) is -1.31. The molecule has 0 aromatic heterocycles. The molecule has 2 aliphatic rings. The van der Waals surface area contributed by atoms with Crippen LogP contribution in [0.3, 0.4) is 0 Å². The lowest BCUT2D eigenvalue weighted by Gasteiger charge is -2.29. The molecule has 126 valence electrons. The number of fused-ring (bicyclic) bond motifs is 1. The Balaban J connectivity index is 2.28. The van der Waals surface area contributed by atoms with Gasteiger partial charge >= 0.3 is 5.97 Å². The lowest BCUT2D eigenvalue weighted by atomic mass is 9.92. The van der Waals surface area contributed by atoms with E-state index in [2.05, 4.69) is 0 Å². The molecule has 4 atom stereocenters. The summed E-state index contributed by atoms with van der Waals surface area (Å²) >= 11 is 0. The number of rotatable bonds is 5. The van der Waals surface area contributed by atoms with Crippen molar-refractivity contribution in [1.82, 2.24) is 0 Å². The molecule has 0 amide bonds. The quantitative estimate of drug-likeness (QED) is 0.550. The van der Waals surface area contributed by atoms with E-state index in [0.717, 1.165) is 6.26 Å². The molecule has 0 aromatic carbocycles. The average Bonchev–Trinajstić information content (AvgIpc) is 2.75. The second kappa shape index (κ2) is 6.27. The standard InChI is InChI=1S/C14H22O7S/c1-5-14(3)19-10-7-9(13(15)18-6-2)8-11(12(10)20-14)21-22(4,16)17/h7,10-12H,5-6,8H2,1-4H3/t10-,11-,12-,14?/m1/s1. The maximum absolute atomic E-state index is 11.9. The Hall–Kier alpha value is -0.960. The van der Waals surface area contributed by atoms with E-state index in [-0.39, 0.29) is 13.0 Å². The van der Waals surface area contributed by atoms with Crippen LogP contribution in [0.1, 0.15) is 33.6 Å². The maximum Gasteiger partial charge on any atom is 0.333 e. The first-order valence-electron chi connectivity index (χ1n) is 7.29. The Morgan fingerprint density at radius 2 is 2.09 bits per heavy atom. The lowest BCUT2D eigenvalue weighted by molar-refractivity contribution is -0.166. The molecule has 1 heterocycles. The predicted octanol–water partition coefficient (Wildman–Crippen LogP) is 1.13. The summed E-state index contributed by atoms with van der Waals surface area (Å²) in [6, 6.07) is 0. The molecule has 7 nitrogen and oxygen atoms in total. The summed E-state index contributed by atoms with van der Waals surface area (Å²) in [6.07, 6.45) is 1.40. The number of hydrogen-bond donors (Lipinski definition) is 0. The van der Waals surface area contributed by atoms with Crippen LogP contribution in [0.25, 0.3) is 0 Å². The van der Waals surface area contributed by atoms with E-state index < -0.39 is 40.2 Å². The van der Waals surface area contributed by atoms with Crippen LogP contribution in [0.15, 0.2) is 11.6 Å². The molecule has 1 saturated heterocycles. The van der Waals surface area contributed by atoms with Gasteiger partial charge in [0.15, 0.2) is 5.79 Å². The minimum absolute atomic E-state index is 0.107. The molecule has 1 unspecified atom stereocenters. The first-order valence-corrected chi connectivity index (χ1v) is 9.11. The Morgan fingerprint density at radius 3 is 2.64 bits per heavy atom. The Labute approximate surface area is 130 Å². The molecule has 1 fully saturated rings.